The van der Waals surface area contributed by atoms with Crippen LogP contribution in [0.4, 0.5) is 5.82 Å². The quantitative estimate of drug-likeness (QED) is 0.509. The molecule has 0 aliphatic heterocycles. The van der Waals surface area contributed by atoms with Gasteiger partial charge in [0.15, 0.2) is 0 Å². The molecule has 168 valence electrons. The second-order valence-corrected chi connectivity index (χ2v) is 9.30. The molecule has 0 spiro atoms. The lowest BCUT2D eigenvalue weighted by atomic mass is 9.92. The Kier molecular flexibility index (Phi) is 7.26. The van der Waals surface area contributed by atoms with Gasteiger partial charge in [-0.3, -0.25) is 9.59 Å². The van der Waals surface area contributed by atoms with E-state index in [0.29, 0.717) is 28.0 Å². The molecule has 8 heteroatoms. The molecule has 0 saturated heterocycles. The Labute approximate surface area is 198 Å². The van der Waals surface area contributed by atoms with E-state index >= 15 is 0 Å². The molecule has 0 bridgehead atoms. The monoisotopic (exact) mass is 472 g/mol. The number of hydrogen-bond donors (Lipinski definition) is 1. The zero-order valence-corrected chi connectivity index (χ0v) is 20.0. The Morgan fingerprint density at radius 1 is 1.00 bits per heavy atom. The average Bonchev–Trinajstić information content (AvgIpc) is 3.17. The third kappa shape index (κ3) is 5.69. The Morgan fingerprint density at radius 3 is 2.09 bits per heavy atom. The third-order valence-electron chi connectivity index (χ3n) is 4.91. The van der Waals surface area contributed by atoms with E-state index in [0.717, 1.165) is 11.4 Å². The maximum absolute atomic E-state index is 12.9. The highest BCUT2D eigenvalue weighted by Crippen LogP contribution is 2.27. The molecule has 0 atom stereocenters. The van der Waals surface area contributed by atoms with Crippen LogP contribution in [0, 0.1) is 0 Å². The summed E-state index contributed by atoms with van der Waals surface area (Å²) in [6.07, 6.45) is 0. The average molecular weight is 473 g/mol. The SMILES string of the molecule is CCN(CC(=O)Nc1cc(C(C)(C)C)nn1-c1ccc(Cl)cc1)C(=O)c1ccc(Cl)cc1. The molecule has 1 heterocycles. The van der Waals surface area contributed by atoms with Gasteiger partial charge in [0.2, 0.25) is 5.91 Å². The van der Waals surface area contributed by atoms with Crippen LogP contribution in [0.25, 0.3) is 5.69 Å². The van der Waals surface area contributed by atoms with Gasteiger partial charge >= 0.3 is 0 Å². The van der Waals surface area contributed by atoms with E-state index in [2.05, 4.69) is 26.1 Å². The summed E-state index contributed by atoms with van der Waals surface area (Å²) < 4.78 is 1.67. The highest BCUT2D eigenvalue weighted by molar-refractivity contribution is 6.30. The van der Waals surface area contributed by atoms with Gasteiger partial charge in [-0.05, 0) is 55.5 Å². The molecule has 0 unspecified atom stereocenters. The predicted molar refractivity (Wildman–Crippen MR) is 129 cm³/mol. The van der Waals surface area contributed by atoms with Crippen molar-refractivity contribution in [2.75, 3.05) is 18.4 Å². The number of carbonyl (C=O) groups excluding carboxylic acids is 2. The van der Waals surface area contributed by atoms with Crippen LogP contribution in [0.5, 0.6) is 0 Å². The molecule has 3 rings (SSSR count). The number of carbonyl (C=O) groups is 2. The zero-order chi connectivity index (χ0) is 23.5. The van der Waals surface area contributed by atoms with Crippen molar-refractivity contribution in [2.24, 2.45) is 0 Å². The molecule has 1 N–H and O–H groups in total. The van der Waals surface area contributed by atoms with Crippen molar-refractivity contribution in [3.8, 4) is 5.69 Å². The largest absolute Gasteiger partial charge is 0.330 e. The van der Waals surface area contributed by atoms with E-state index in [1.165, 1.54) is 4.90 Å². The van der Waals surface area contributed by atoms with Gasteiger partial charge in [-0.15, -0.1) is 0 Å². The fourth-order valence-electron chi connectivity index (χ4n) is 3.07. The number of benzene rings is 2. The second-order valence-electron chi connectivity index (χ2n) is 8.43. The van der Waals surface area contributed by atoms with Gasteiger partial charge in [-0.25, -0.2) is 4.68 Å². The van der Waals surface area contributed by atoms with Crippen molar-refractivity contribution in [3.05, 3.63) is 75.9 Å². The highest BCUT2D eigenvalue weighted by atomic mass is 35.5. The van der Waals surface area contributed by atoms with E-state index in [1.807, 2.05) is 25.1 Å². The van der Waals surface area contributed by atoms with Gasteiger partial charge in [-0.2, -0.15) is 5.10 Å². The maximum Gasteiger partial charge on any atom is 0.254 e. The number of likely N-dealkylation sites (N-methyl/N-ethyl adjacent to an activating group) is 1. The van der Waals surface area contributed by atoms with Crippen molar-refractivity contribution in [1.29, 1.82) is 0 Å². The van der Waals surface area contributed by atoms with Gasteiger partial charge in [0.1, 0.15) is 12.4 Å². The predicted octanol–water partition coefficient (Wildman–Crippen LogP) is 5.58. The van der Waals surface area contributed by atoms with E-state index in [9.17, 15) is 9.59 Å². The summed E-state index contributed by atoms with van der Waals surface area (Å²) in [5, 5.41) is 8.76. The Hall–Kier alpha value is -2.83. The minimum atomic E-state index is -0.315. The van der Waals surface area contributed by atoms with Crippen LogP contribution in [-0.4, -0.2) is 39.6 Å². The van der Waals surface area contributed by atoms with Gasteiger partial charge in [0.25, 0.3) is 5.91 Å². The van der Waals surface area contributed by atoms with E-state index in [1.54, 1.807) is 41.1 Å². The minimum Gasteiger partial charge on any atom is -0.330 e. The molecule has 2 amide bonds. The lowest BCUT2D eigenvalue weighted by Gasteiger charge is -2.20. The molecule has 0 aliphatic carbocycles. The number of anilines is 1. The first-order valence-electron chi connectivity index (χ1n) is 10.3. The molecule has 32 heavy (non-hydrogen) atoms. The fraction of sp³-hybridized carbons (Fsp3) is 0.292. The molecule has 1 aromatic heterocycles. The van der Waals surface area contributed by atoms with E-state index in [4.69, 9.17) is 28.3 Å². The molecule has 0 aliphatic rings. The second kappa shape index (κ2) is 9.76. The number of aromatic nitrogens is 2. The lowest BCUT2D eigenvalue weighted by Crippen LogP contribution is -2.38. The number of rotatable bonds is 6. The molecule has 0 radical (unpaired) electrons. The zero-order valence-electron chi connectivity index (χ0n) is 18.5. The fourth-order valence-corrected chi connectivity index (χ4v) is 3.33. The van der Waals surface area contributed by atoms with Gasteiger partial charge in [0.05, 0.1) is 11.4 Å². The molecule has 2 aromatic carbocycles. The van der Waals surface area contributed by atoms with Crippen LogP contribution in [0.1, 0.15) is 43.7 Å². The first kappa shape index (κ1) is 23.8. The Bertz CT molecular complexity index is 1100. The van der Waals surface area contributed by atoms with Crippen LogP contribution in [0.3, 0.4) is 0 Å². The van der Waals surface area contributed by atoms with E-state index in [-0.39, 0.29) is 23.8 Å². The van der Waals surface area contributed by atoms with E-state index < -0.39 is 0 Å². The molecular formula is C24H26Cl2N4O2. The molecule has 3 aromatic rings. The Balaban J connectivity index is 1.82. The number of nitrogens with one attached hydrogen (secondary N) is 1. The number of amides is 2. The van der Waals surface area contributed by atoms with Crippen LogP contribution in [0.2, 0.25) is 10.0 Å². The van der Waals surface area contributed by atoms with Crippen LogP contribution < -0.4 is 5.32 Å². The molecule has 6 nitrogen and oxygen atoms in total. The normalized spacial score (nSPS) is 11.3. The maximum atomic E-state index is 12.9. The lowest BCUT2D eigenvalue weighted by molar-refractivity contribution is -0.116. The Morgan fingerprint density at radius 2 is 1.56 bits per heavy atom. The number of halogens is 2. The van der Waals surface area contributed by atoms with Crippen molar-refractivity contribution in [1.82, 2.24) is 14.7 Å². The molecule has 0 fully saturated rings. The first-order valence-corrected chi connectivity index (χ1v) is 11.0. The van der Waals surface area contributed by atoms with Gasteiger partial charge in [0, 0.05) is 33.6 Å². The summed E-state index contributed by atoms with van der Waals surface area (Å²) in [4.78, 5) is 27.2. The third-order valence-corrected chi connectivity index (χ3v) is 5.41. The van der Waals surface area contributed by atoms with Crippen LogP contribution in [0.15, 0.2) is 54.6 Å². The standard InChI is InChI=1S/C24H26Cl2N4O2/c1-5-29(23(32)16-6-8-17(25)9-7-16)15-22(31)27-21-14-20(24(2,3)4)28-30(21)19-12-10-18(26)11-13-19/h6-14H,5,15H2,1-4H3,(H,27,31). The highest BCUT2D eigenvalue weighted by Gasteiger charge is 2.23. The molecular weight excluding hydrogens is 447 g/mol. The summed E-state index contributed by atoms with van der Waals surface area (Å²) in [6, 6.07) is 15.7. The molecule has 0 saturated carbocycles. The topological polar surface area (TPSA) is 67.2 Å². The number of hydrogen-bond acceptors (Lipinski definition) is 3. The number of nitrogens with zero attached hydrogens (tertiary/aromatic N) is 3. The minimum absolute atomic E-state index is 0.0887. The summed E-state index contributed by atoms with van der Waals surface area (Å²) in [6.45, 7) is 8.29. The summed E-state index contributed by atoms with van der Waals surface area (Å²) in [5.74, 6) is -0.0251. The van der Waals surface area contributed by atoms with Crippen LogP contribution >= 0.6 is 23.2 Å². The summed E-state index contributed by atoms with van der Waals surface area (Å²) >= 11 is 11.9. The van der Waals surface area contributed by atoms with Crippen molar-refractivity contribution in [2.45, 2.75) is 33.1 Å². The van der Waals surface area contributed by atoms with Gasteiger partial charge < -0.3 is 10.2 Å². The smallest absolute Gasteiger partial charge is 0.254 e. The first-order chi connectivity index (χ1) is 15.1. The van der Waals surface area contributed by atoms with Crippen molar-refractivity contribution in [3.63, 3.8) is 0 Å². The van der Waals surface area contributed by atoms with Crippen LogP contribution in [-0.2, 0) is 10.2 Å². The summed E-state index contributed by atoms with van der Waals surface area (Å²) in [5.41, 5.74) is 1.86. The summed E-state index contributed by atoms with van der Waals surface area (Å²) in [7, 11) is 0. The van der Waals surface area contributed by atoms with Gasteiger partial charge in [-0.1, -0.05) is 44.0 Å². The van der Waals surface area contributed by atoms with Crippen molar-refractivity contribution < 1.29 is 9.59 Å². The van der Waals surface area contributed by atoms with Crippen molar-refractivity contribution >= 4 is 40.8 Å².